The molecule has 14 heavy (non-hydrogen) atoms. The van der Waals surface area contributed by atoms with Gasteiger partial charge < -0.3 is 4.79 Å². The van der Waals surface area contributed by atoms with Gasteiger partial charge in [0.15, 0.2) is 0 Å². The highest BCUT2D eigenvalue weighted by atomic mass is 32.1. The molecule has 0 amide bonds. The molecule has 1 unspecified atom stereocenters. The van der Waals surface area contributed by atoms with Crippen molar-refractivity contribution in [2.45, 2.75) is 24.2 Å². The first-order valence-electron chi connectivity index (χ1n) is 4.12. The molecule has 1 atom stereocenters. The van der Waals surface area contributed by atoms with Crippen molar-refractivity contribution < 1.29 is 13.6 Å². The van der Waals surface area contributed by atoms with Crippen molar-refractivity contribution in [1.29, 1.82) is 0 Å². The topological polar surface area (TPSA) is 17.1 Å². The SMILES string of the molecule is CC(C=O)c1cc(S)ccc1C(F)F. The fraction of sp³-hybridized carbons (Fsp3) is 0.300. The van der Waals surface area contributed by atoms with Gasteiger partial charge in [-0.1, -0.05) is 13.0 Å². The molecule has 0 bridgehead atoms. The fourth-order valence-corrected chi connectivity index (χ4v) is 1.44. The highest BCUT2D eigenvalue weighted by Gasteiger charge is 2.16. The number of rotatable bonds is 3. The monoisotopic (exact) mass is 216 g/mol. The number of aldehydes is 1. The maximum absolute atomic E-state index is 12.5. The molecular weight excluding hydrogens is 206 g/mol. The molecule has 0 heterocycles. The number of thiol groups is 1. The predicted molar refractivity (Wildman–Crippen MR) is 53.1 cm³/mol. The fourth-order valence-electron chi connectivity index (χ4n) is 1.23. The van der Waals surface area contributed by atoms with Crippen LogP contribution >= 0.6 is 12.6 Å². The summed E-state index contributed by atoms with van der Waals surface area (Å²) in [4.78, 5) is 11.1. The number of carbonyl (C=O) groups is 1. The van der Waals surface area contributed by atoms with Crippen molar-refractivity contribution in [3.8, 4) is 0 Å². The highest BCUT2D eigenvalue weighted by Crippen LogP contribution is 2.29. The van der Waals surface area contributed by atoms with Crippen LogP contribution in [0.15, 0.2) is 23.1 Å². The van der Waals surface area contributed by atoms with E-state index in [1.165, 1.54) is 18.2 Å². The zero-order chi connectivity index (χ0) is 10.7. The molecule has 4 heteroatoms. The molecule has 0 aliphatic carbocycles. The summed E-state index contributed by atoms with van der Waals surface area (Å²) >= 11 is 4.04. The van der Waals surface area contributed by atoms with Crippen LogP contribution in [0.5, 0.6) is 0 Å². The van der Waals surface area contributed by atoms with Crippen LogP contribution in [-0.2, 0) is 4.79 Å². The summed E-state index contributed by atoms with van der Waals surface area (Å²) in [5, 5.41) is 0. The summed E-state index contributed by atoms with van der Waals surface area (Å²) in [6.45, 7) is 1.58. The van der Waals surface area contributed by atoms with Gasteiger partial charge in [-0.15, -0.1) is 12.6 Å². The van der Waals surface area contributed by atoms with Gasteiger partial charge in [0.1, 0.15) is 6.29 Å². The largest absolute Gasteiger partial charge is 0.303 e. The Morgan fingerprint density at radius 3 is 2.50 bits per heavy atom. The molecule has 0 saturated carbocycles. The predicted octanol–water partition coefficient (Wildman–Crippen LogP) is 3.22. The molecule has 1 aromatic carbocycles. The number of hydrogen-bond donors (Lipinski definition) is 1. The van der Waals surface area contributed by atoms with Crippen molar-refractivity contribution >= 4 is 18.9 Å². The van der Waals surface area contributed by atoms with Gasteiger partial charge in [-0.25, -0.2) is 8.78 Å². The summed E-state index contributed by atoms with van der Waals surface area (Å²) in [6, 6.07) is 4.30. The number of halogens is 2. The van der Waals surface area contributed by atoms with Gasteiger partial charge >= 0.3 is 0 Å². The molecule has 1 aromatic rings. The minimum absolute atomic E-state index is 0.0950. The molecule has 76 valence electrons. The van der Waals surface area contributed by atoms with E-state index in [0.29, 0.717) is 16.7 Å². The van der Waals surface area contributed by atoms with E-state index >= 15 is 0 Å². The number of alkyl halides is 2. The van der Waals surface area contributed by atoms with Crippen LogP contribution in [0.2, 0.25) is 0 Å². The maximum Gasteiger partial charge on any atom is 0.264 e. The lowest BCUT2D eigenvalue weighted by molar-refractivity contribution is -0.108. The maximum atomic E-state index is 12.5. The van der Waals surface area contributed by atoms with Gasteiger partial charge in [0.25, 0.3) is 6.43 Å². The summed E-state index contributed by atoms with van der Waals surface area (Å²) in [5.74, 6) is -0.522. The van der Waals surface area contributed by atoms with E-state index in [-0.39, 0.29) is 5.56 Å². The second kappa shape index (κ2) is 4.55. The van der Waals surface area contributed by atoms with Crippen LogP contribution < -0.4 is 0 Å². The van der Waals surface area contributed by atoms with E-state index < -0.39 is 12.3 Å². The van der Waals surface area contributed by atoms with Crippen LogP contribution in [0.25, 0.3) is 0 Å². The molecule has 0 radical (unpaired) electrons. The Labute approximate surface area is 86.5 Å². The Morgan fingerprint density at radius 2 is 2.00 bits per heavy atom. The minimum Gasteiger partial charge on any atom is -0.303 e. The second-order valence-electron chi connectivity index (χ2n) is 3.04. The first-order chi connectivity index (χ1) is 6.56. The van der Waals surface area contributed by atoms with E-state index in [1.54, 1.807) is 6.92 Å². The van der Waals surface area contributed by atoms with Gasteiger partial charge in [0.05, 0.1) is 0 Å². The third kappa shape index (κ3) is 2.32. The minimum atomic E-state index is -2.55. The number of benzene rings is 1. The number of carbonyl (C=O) groups excluding carboxylic acids is 1. The average Bonchev–Trinajstić information content (AvgIpc) is 2.16. The average molecular weight is 216 g/mol. The molecule has 0 N–H and O–H groups in total. The summed E-state index contributed by atoms with van der Waals surface area (Å²) in [5.41, 5.74) is 0.255. The zero-order valence-corrected chi connectivity index (χ0v) is 8.47. The Balaban J connectivity index is 3.22. The standard InChI is InChI=1S/C10H10F2OS/c1-6(5-13)9-4-7(14)2-3-8(9)10(11)12/h2-6,10,14H,1H3. The highest BCUT2D eigenvalue weighted by molar-refractivity contribution is 7.80. The van der Waals surface area contributed by atoms with E-state index in [0.717, 1.165) is 0 Å². The first kappa shape index (κ1) is 11.2. The lowest BCUT2D eigenvalue weighted by atomic mass is 9.97. The van der Waals surface area contributed by atoms with Crippen LogP contribution in [0.1, 0.15) is 30.4 Å². The normalized spacial score (nSPS) is 12.9. The van der Waals surface area contributed by atoms with Crippen molar-refractivity contribution in [1.82, 2.24) is 0 Å². The van der Waals surface area contributed by atoms with Gasteiger partial charge in [0.2, 0.25) is 0 Å². The Hall–Kier alpha value is -0.900. The third-order valence-corrected chi connectivity index (χ3v) is 2.28. The van der Waals surface area contributed by atoms with E-state index in [1.807, 2.05) is 0 Å². The molecule has 0 saturated heterocycles. The Kier molecular flexibility index (Phi) is 3.63. The molecule has 0 aliphatic heterocycles. The lowest BCUT2D eigenvalue weighted by Gasteiger charge is -2.11. The van der Waals surface area contributed by atoms with Crippen molar-refractivity contribution in [3.05, 3.63) is 29.3 Å². The van der Waals surface area contributed by atoms with Gasteiger partial charge in [0, 0.05) is 16.4 Å². The quantitative estimate of drug-likeness (QED) is 0.606. The van der Waals surface area contributed by atoms with E-state index in [9.17, 15) is 13.6 Å². The zero-order valence-electron chi connectivity index (χ0n) is 7.58. The molecular formula is C10H10F2OS. The second-order valence-corrected chi connectivity index (χ2v) is 3.56. The van der Waals surface area contributed by atoms with Gasteiger partial charge in [-0.05, 0) is 17.7 Å². The smallest absolute Gasteiger partial charge is 0.264 e. The van der Waals surface area contributed by atoms with Crippen LogP contribution in [0.3, 0.4) is 0 Å². The van der Waals surface area contributed by atoms with Crippen molar-refractivity contribution in [3.63, 3.8) is 0 Å². The van der Waals surface area contributed by atoms with Crippen LogP contribution in [0, 0.1) is 0 Å². The van der Waals surface area contributed by atoms with Gasteiger partial charge in [-0.3, -0.25) is 0 Å². The summed E-state index contributed by atoms with van der Waals surface area (Å²) in [7, 11) is 0. The van der Waals surface area contributed by atoms with Crippen LogP contribution in [-0.4, -0.2) is 6.29 Å². The molecule has 0 aromatic heterocycles. The third-order valence-electron chi connectivity index (χ3n) is 2.00. The summed E-state index contributed by atoms with van der Waals surface area (Å²) < 4.78 is 25.0. The molecule has 0 fully saturated rings. The molecule has 1 nitrogen and oxygen atoms in total. The Morgan fingerprint density at radius 1 is 1.36 bits per heavy atom. The van der Waals surface area contributed by atoms with E-state index in [4.69, 9.17) is 0 Å². The molecule has 1 rings (SSSR count). The molecule has 0 spiro atoms. The Bertz CT molecular complexity index is 339. The van der Waals surface area contributed by atoms with E-state index in [2.05, 4.69) is 12.6 Å². The molecule has 0 aliphatic rings. The number of hydrogen-bond acceptors (Lipinski definition) is 2. The summed E-state index contributed by atoms with van der Waals surface area (Å²) in [6.07, 6.45) is -1.91. The lowest BCUT2D eigenvalue weighted by Crippen LogP contribution is -2.01. The van der Waals surface area contributed by atoms with Crippen LogP contribution in [0.4, 0.5) is 8.78 Å². The van der Waals surface area contributed by atoms with Crippen molar-refractivity contribution in [2.75, 3.05) is 0 Å². The van der Waals surface area contributed by atoms with Gasteiger partial charge in [-0.2, -0.15) is 0 Å². The first-order valence-corrected chi connectivity index (χ1v) is 4.57. The van der Waals surface area contributed by atoms with Crippen molar-refractivity contribution in [2.24, 2.45) is 0 Å².